The van der Waals surface area contributed by atoms with Crippen molar-refractivity contribution in [3.05, 3.63) is 33.3 Å². The van der Waals surface area contributed by atoms with Crippen LogP contribution in [0.1, 0.15) is 20.8 Å². The summed E-state index contributed by atoms with van der Waals surface area (Å²) in [5.41, 5.74) is -0.214. The summed E-state index contributed by atoms with van der Waals surface area (Å²) < 4.78 is 5.42. The van der Waals surface area contributed by atoms with E-state index in [1.807, 2.05) is 13.8 Å². The van der Waals surface area contributed by atoms with Gasteiger partial charge in [-0.15, -0.1) is 0 Å². The lowest BCUT2D eigenvalue weighted by molar-refractivity contribution is -0.386. The molecule has 0 fully saturated rings. The maximum Gasteiger partial charge on any atom is 0.311 e. The van der Waals surface area contributed by atoms with Crippen molar-refractivity contribution in [1.82, 2.24) is 4.90 Å². The predicted molar refractivity (Wildman–Crippen MR) is 76.1 cm³/mol. The van der Waals surface area contributed by atoms with Crippen LogP contribution in [0.5, 0.6) is 5.75 Å². The van der Waals surface area contributed by atoms with Gasteiger partial charge in [0.2, 0.25) is 0 Å². The van der Waals surface area contributed by atoms with E-state index < -0.39 is 11.0 Å². The Hall–Kier alpha value is -1.82. The fourth-order valence-corrected chi connectivity index (χ4v) is 1.93. The Morgan fingerprint density at radius 3 is 2.55 bits per heavy atom. The third-order valence-corrected chi connectivity index (χ3v) is 3.08. The number of rotatable bonds is 6. The SMILES string of the molecule is CCN(CC)C(=O)C(C)Oc1cc(Cl)ccc1[N+](=O)[O-]. The number of hydrogen-bond acceptors (Lipinski definition) is 4. The van der Waals surface area contributed by atoms with Crippen LogP contribution in [0, 0.1) is 10.1 Å². The fourth-order valence-electron chi connectivity index (χ4n) is 1.77. The number of carbonyl (C=O) groups is 1. The molecule has 1 aromatic rings. The van der Waals surface area contributed by atoms with E-state index in [9.17, 15) is 14.9 Å². The zero-order chi connectivity index (χ0) is 15.3. The monoisotopic (exact) mass is 300 g/mol. The van der Waals surface area contributed by atoms with Crippen LogP contribution in [-0.2, 0) is 4.79 Å². The van der Waals surface area contributed by atoms with Gasteiger partial charge in [-0.05, 0) is 26.8 Å². The lowest BCUT2D eigenvalue weighted by atomic mass is 10.2. The molecule has 0 aromatic heterocycles. The molecule has 7 heteroatoms. The molecule has 0 saturated heterocycles. The summed E-state index contributed by atoms with van der Waals surface area (Å²) in [7, 11) is 0. The van der Waals surface area contributed by atoms with Crippen LogP contribution in [0.2, 0.25) is 5.02 Å². The standard InChI is InChI=1S/C13H17ClN2O4/c1-4-15(5-2)13(17)9(3)20-12-8-10(14)6-7-11(12)16(18)19/h6-9H,4-5H2,1-3H3. The van der Waals surface area contributed by atoms with Crippen molar-refractivity contribution in [2.24, 2.45) is 0 Å². The summed E-state index contributed by atoms with van der Waals surface area (Å²) in [4.78, 5) is 24.0. The summed E-state index contributed by atoms with van der Waals surface area (Å²) in [6, 6.07) is 4.00. The quantitative estimate of drug-likeness (QED) is 0.598. The van der Waals surface area contributed by atoms with Crippen molar-refractivity contribution in [1.29, 1.82) is 0 Å². The molecule has 0 saturated carbocycles. The molecule has 1 atom stereocenters. The van der Waals surface area contributed by atoms with E-state index in [0.29, 0.717) is 18.1 Å². The molecule has 0 aliphatic carbocycles. The van der Waals surface area contributed by atoms with E-state index >= 15 is 0 Å². The highest BCUT2D eigenvalue weighted by Gasteiger charge is 2.24. The number of likely N-dealkylation sites (N-methyl/N-ethyl adjacent to an activating group) is 1. The number of nitrogens with zero attached hydrogens (tertiary/aromatic N) is 2. The van der Waals surface area contributed by atoms with Gasteiger partial charge in [0.1, 0.15) is 0 Å². The van der Waals surface area contributed by atoms with E-state index in [1.165, 1.54) is 18.2 Å². The minimum atomic E-state index is -0.813. The number of nitro benzene ring substituents is 1. The van der Waals surface area contributed by atoms with Gasteiger partial charge in [0.25, 0.3) is 5.91 Å². The van der Waals surface area contributed by atoms with Gasteiger partial charge in [0, 0.05) is 30.2 Å². The maximum atomic E-state index is 12.1. The molecular formula is C13H17ClN2O4. The van der Waals surface area contributed by atoms with E-state index in [1.54, 1.807) is 11.8 Å². The summed E-state index contributed by atoms with van der Waals surface area (Å²) >= 11 is 5.80. The molecular weight excluding hydrogens is 284 g/mol. The summed E-state index contributed by atoms with van der Waals surface area (Å²) in [5.74, 6) is -0.222. The molecule has 0 aliphatic heterocycles. The van der Waals surface area contributed by atoms with Crippen LogP contribution in [0.3, 0.4) is 0 Å². The summed E-state index contributed by atoms with van der Waals surface area (Å²) in [6.45, 7) is 6.39. The van der Waals surface area contributed by atoms with Crippen molar-refractivity contribution in [2.75, 3.05) is 13.1 Å². The number of amides is 1. The number of nitro groups is 1. The second-order valence-corrected chi connectivity index (χ2v) is 4.58. The minimum Gasteiger partial charge on any atom is -0.474 e. The second-order valence-electron chi connectivity index (χ2n) is 4.14. The van der Waals surface area contributed by atoms with Gasteiger partial charge in [-0.1, -0.05) is 11.6 Å². The lowest BCUT2D eigenvalue weighted by Gasteiger charge is -2.23. The van der Waals surface area contributed by atoms with E-state index in [-0.39, 0.29) is 17.3 Å². The van der Waals surface area contributed by atoms with Crippen molar-refractivity contribution in [3.63, 3.8) is 0 Å². The zero-order valence-electron chi connectivity index (χ0n) is 11.6. The highest BCUT2D eigenvalue weighted by atomic mass is 35.5. The van der Waals surface area contributed by atoms with Gasteiger partial charge in [-0.3, -0.25) is 14.9 Å². The molecule has 0 heterocycles. The molecule has 0 bridgehead atoms. The van der Waals surface area contributed by atoms with Crippen LogP contribution in [0.4, 0.5) is 5.69 Å². The van der Waals surface area contributed by atoms with E-state index in [4.69, 9.17) is 16.3 Å². The molecule has 110 valence electrons. The van der Waals surface area contributed by atoms with Crippen LogP contribution >= 0.6 is 11.6 Å². The lowest BCUT2D eigenvalue weighted by Crippen LogP contribution is -2.40. The third-order valence-electron chi connectivity index (χ3n) is 2.85. The molecule has 20 heavy (non-hydrogen) atoms. The Bertz CT molecular complexity index is 503. The van der Waals surface area contributed by atoms with Crippen molar-refractivity contribution in [3.8, 4) is 5.75 Å². The highest BCUT2D eigenvalue weighted by Crippen LogP contribution is 2.30. The van der Waals surface area contributed by atoms with Crippen molar-refractivity contribution in [2.45, 2.75) is 26.9 Å². The Kier molecular flexibility index (Phi) is 5.76. The predicted octanol–water partition coefficient (Wildman–Crippen LogP) is 2.88. The Morgan fingerprint density at radius 1 is 1.45 bits per heavy atom. The highest BCUT2D eigenvalue weighted by molar-refractivity contribution is 6.30. The topological polar surface area (TPSA) is 72.7 Å². The van der Waals surface area contributed by atoms with Gasteiger partial charge < -0.3 is 9.64 Å². The van der Waals surface area contributed by atoms with Crippen molar-refractivity contribution >= 4 is 23.2 Å². The molecule has 0 radical (unpaired) electrons. The fraction of sp³-hybridized carbons (Fsp3) is 0.462. The van der Waals surface area contributed by atoms with Crippen LogP contribution in [-0.4, -0.2) is 34.9 Å². The first-order valence-electron chi connectivity index (χ1n) is 6.30. The average Bonchev–Trinajstić information content (AvgIpc) is 2.39. The normalized spacial score (nSPS) is 11.8. The van der Waals surface area contributed by atoms with E-state index in [0.717, 1.165) is 0 Å². The Balaban J connectivity index is 2.95. The van der Waals surface area contributed by atoms with Crippen LogP contribution < -0.4 is 4.74 Å². The van der Waals surface area contributed by atoms with Crippen LogP contribution in [0.15, 0.2) is 18.2 Å². The first kappa shape index (κ1) is 16.2. The minimum absolute atomic E-state index is 0.00416. The van der Waals surface area contributed by atoms with Gasteiger partial charge >= 0.3 is 5.69 Å². The van der Waals surface area contributed by atoms with Gasteiger partial charge in [0.05, 0.1) is 4.92 Å². The second kappa shape index (κ2) is 7.09. The molecule has 1 amide bonds. The molecule has 1 unspecified atom stereocenters. The average molecular weight is 301 g/mol. The first-order chi connectivity index (χ1) is 9.40. The number of benzene rings is 1. The van der Waals surface area contributed by atoms with Gasteiger partial charge in [-0.2, -0.15) is 0 Å². The first-order valence-corrected chi connectivity index (χ1v) is 6.67. The van der Waals surface area contributed by atoms with Gasteiger partial charge in [-0.25, -0.2) is 0 Å². The van der Waals surface area contributed by atoms with E-state index in [2.05, 4.69) is 0 Å². The molecule has 6 nitrogen and oxygen atoms in total. The Labute approximate surface area is 122 Å². The Morgan fingerprint density at radius 2 is 2.05 bits per heavy atom. The largest absolute Gasteiger partial charge is 0.474 e. The molecule has 1 rings (SSSR count). The smallest absolute Gasteiger partial charge is 0.311 e. The number of hydrogen-bond donors (Lipinski definition) is 0. The molecule has 0 aliphatic rings. The summed E-state index contributed by atoms with van der Waals surface area (Å²) in [5, 5.41) is 11.2. The van der Waals surface area contributed by atoms with Crippen molar-refractivity contribution < 1.29 is 14.5 Å². The summed E-state index contributed by atoms with van der Waals surface area (Å²) in [6.07, 6.45) is -0.813. The molecule has 1 aromatic carbocycles. The molecule has 0 spiro atoms. The maximum absolute atomic E-state index is 12.1. The number of carbonyl (C=O) groups excluding carboxylic acids is 1. The number of ether oxygens (including phenoxy) is 1. The molecule has 0 N–H and O–H groups in total. The zero-order valence-corrected chi connectivity index (χ0v) is 12.4. The third kappa shape index (κ3) is 3.84. The van der Waals surface area contributed by atoms with Crippen LogP contribution in [0.25, 0.3) is 0 Å². The number of halogens is 1. The van der Waals surface area contributed by atoms with Gasteiger partial charge in [0.15, 0.2) is 11.9 Å².